The molecule has 2 aliphatic heterocycles. The van der Waals surface area contributed by atoms with Crippen LogP contribution in [0.2, 0.25) is 0 Å². The summed E-state index contributed by atoms with van der Waals surface area (Å²) in [4.78, 5) is 20.9. The Bertz CT molecular complexity index is 685. The molecule has 1 unspecified atom stereocenters. The number of carbonyl (C=O) groups is 1. The van der Waals surface area contributed by atoms with Crippen LogP contribution in [-0.4, -0.2) is 67.5 Å². The van der Waals surface area contributed by atoms with Crippen LogP contribution in [0.4, 0.5) is 0 Å². The Labute approximate surface area is 198 Å². The number of halogens is 1. The number of likely N-dealkylation sites (N-methyl/N-ethyl adjacent to an activating group) is 1. The van der Waals surface area contributed by atoms with Crippen molar-refractivity contribution in [2.45, 2.75) is 52.1 Å². The van der Waals surface area contributed by atoms with E-state index in [4.69, 9.17) is 4.99 Å². The van der Waals surface area contributed by atoms with Gasteiger partial charge in [0.2, 0.25) is 5.91 Å². The average Bonchev–Trinajstić information content (AvgIpc) is 2.72. The first-order valence-electron chi connectivity index (χ1n) is 11.1. The van der Waals surface area contributed by atoms with E-state index in [-0.39, 0.29) is 35.9 Å². The van der Waals surface area contributed by atoms with Crippen molar-refractivity contribution in [3.05, 3.63) is 35.4 Å². The number of carbonyl (C=O) groups excluding carboxylic acids is 1. The van der Waals surface area contributed by atoms with Crippen LogP contribution in [0.15, 0.2) is 29.3 Å². The molecule has 0 aliphatic carbocycles. The number of hydrogen-bond donors (Lipinski definition) is 2. The molecule has 1 aromatic rings. The topological polar surface area (TPSA) is 60.0 Å². The number of benzene rings is 1. The lowest BCUT2D eigenvalue weighted by Gasteiger charge is -2.32. The fourth-order valence-corrected chi connectivity index (χ4v) is 4.14. The van der Waals surface area contributed by atoms with Gasteiger partial charge in [0.1, 0.15) is 0 Å². The molecule has 2 saturated heterocycles. The van der Waals surface area contributed by atoms with Gasteiger partial charge in [0.25, 0.3) is 0 Å². The fraction of sp³-hybridized carbons (Fsp3) is 0.652. The van der Waals surface area contributed by atoms with Crippen LogP contribution >= 0.6 is 24.0 Å². The Hall–Kier alpha value is -1.35. The van der Waals surface area contributed by atoms with Gasteiger partial charge in [-0.25, -0.2) is 0 Å². The number of piperidine rings is 2. The van der Waals surface area contributed by atoms with Crippen molar-refractivity contribution in [1.82, 2.24) is 20.4 Å². The zero-order valence-corrected chi connectivity index (χ0v) is 21.0. The summed E-state index contributed by atoms with van der Waals surface area (Å²) in [5.74, 6) is 1.78. The molecule has 0 aromatic heterocycles. The fourth-order valence-electron chi connectivity index (χ4n) is 4.14. The van der Waals surface area contributed by atoms with Gasteiger partial charge >= 0.3 is 0 Å². The third-order valence-electron chi connectivity index (χ3n) is 6.05. The number of nitrogens with one attached hydrogen (secondary N) is 2. The van der Waals surface area contributed by atoms with Crippen molar-refractivity contribution in [3.8, 4) is 0 Å². The molecule has 2 aliphatic rings. The quantitative estimate of drug-likeness (QED) is 0.340. The van der Waals surface area contributed by atoms with Gasteiger partial charge in [0, 0.05) is 45.7 Å². The zero-order chi connectivity index (χ0) is 20.6. The van der Waals surface area contributed by atoms with E-state index in [2.05, 4.69) is 53.6 Å². The second kappa shape index (κ2) is 12.5. The van der Waals surface area contributed by atoms with Crippen LogP contribution in [0.3, 0.4) is 0 Å². The molecule has 1 amide bonds. The number of aliphatic imine (C=N–C) groups is 1. The van der Waals surface area contributed by atoms with Crippen molar-refractivity contribution in [1.29, 1.82) is 0 Å². The van der Waals surface area contributed by atoms with Crippen molar-refractivity contribution < 1.29 is 4.79 Å². The number of amides is 1. The molecule has 2 heterocycles. The highest BCUT2D eigenvalue weighted by atomic mass is 127. The second-order valence-corrected chi connectivity index (χ2v) is 8.58. The van der Waals surface area contributed by atoms with Crippen LogP contribution in [0.25, 0.3) is 0 Å². The molecule has 0 saturated carbocycles. The highest BCUT2D eigenvalue weighted by molar-refractivity contribution is 14.0. The largest absolute Gasteiger partial charge is 0.357 e. The van der Waals surface area contributed by atoms with E-state index in [0.29, 0.717) is 12.3 Å². The number of likely N-dealkylation sites (tertiary alicyclic amines) is 2. The number of guanidine groups is 1. The van der Waals surface area contributed by atoms with E-state index in [1.807, 2.05) is 11.9 Å². The molecule has 0 bridgehead atoms. The molecule has 6 nitrogen and oxygen atoms in total. The SMILES string of the molecule is CCNC(=NCC1CCN(Cc2ccc(C)cc2)CC1)NC1CCC(=O)N(C)C1.I. The molecular formula is C23H38IN5O. The Morgan fingerprint density at radius 1 is 1.17 bits per heavy atom. The Morgan fingerprint density at radius 2 is 1.87 bits per heavy atom. The maximum absolute atomic E-state index is 11.7. The zero-order valence-electron chi connectivity index (χ0n) is 18.7. The highest BCUT2D eigenvalue weighted by Crippen LogP contribution is 2.19. The molecule has 3 rings (SSSR count). The van der Waals surface area contributed by atoms with E-state index in [1.54, 1.807) is 0 Å². The Kier molecular flexibility index (Phi) is 10.4. The van der Waals surface area contributed by atoms with E-state index in [9.17, 15) is 4.79 Å². The predicted octanol–water partition coefficient (Wildman–Crippen LogP) is 3.00. The molecule has 7 heteroatoms. The van der Waals surface area contributed by atoms with Gasteiger partial charge in [-0.3, -0.25) is 14.7 Å². The van der Waals surface area contributed by atoms with Gasteiger partial charge in [0.05, 0.1) is 0 Å². The summed E-state index contributed by atoms with van der Waals surface area (Å²) in [5, 5.41) is 6.89. The molecule has 1 atom stereocenters. The van der Waals surface area contributed by atoms with Crippen LogP contribution in [0.1, 0.15) is 43.7 Å². The summed E-state index contributed by atoms with van der Waals surface area (Å²) in [6, 6.07) is 9.18. The van der Waals surface area contributed by atoms with Crippen LogP contribution in [0.5, 0.6) is 0 Å². The molecule has 0 radical (unpaired) electrons. The number of rotatable bonds is 6. The van der Waals surface area contributed by atoms with Crippen molar-refractivity contribution in [3.63, 3.8) is 0 Å². The van der Waals surface area contributed by atoms with Crippen LogP contribution in [-0.2, 0) is 11.3 Å². The van der Waals surface area contributed by atoms with Crippen molar-refractivity contribution >= 4 is 35.8 Å². The summed E-state index contributed by atoms with van der Waals surface area (Å²) in [5.41, 5.74) is 2.73. The Balaban J connectivity index is 0.00000320. The first kappa shape index (κ1) is 24.9. The summed E-state index contributed by atoms with van der Waals surface area (Å²) in [6.07, 6.45) is 3.91. The molecular weight excluding hydrogens is 489 g/mol. The molecule has 0 spiro atoms. The summed E-state index contributed by atoms with van der Waals surface area (Å²) >= 11 is 0. The Morgan fingerprint density at radius 3 is 2.50 bits per heavy atom. The van der Waals surface area contributed by atoms with Gasteiger partial charge in [-0.1, -0.05) is 29.8 Å². The average molecular weight is 527 g/mol. The van der Waals surface area contributed by atoms with E-state index in [0.717, 1.165) is 51.6 Å². The standard InChI is InChI=1S/C23H37N5O.HI/c1-4-24-23(26-21-9-10-22(29)27(3)17-21)25-15-19-11-13-28(14-12-19)16-20-7-5-18(2)6-8-20;/h5-8,19,21H,4,9-17H2,1-3H3,(H2,24,25,26);1H. The molecule has 30 heavy (non-hydrogen) atoms. The normalized spacial score (nSPS) is 21.3. The minimum absolute atomic E-state index is 0. The summed E-state index contributed by atoms with van der Waals surface area (Å²) in [7, 11) is 1.88. The van der Waals surface area contributed by atoms with Gasteiger partial charge in [-0.15, -0.1) is 24.0 Å². The van der Waals surface area contributed by atoms with Crippen LogP contribution < -0.4 is 10.6 Å². The molecule has 2 fully saturated rings. The first-order valence-corrected chi connectivity index (χ1v) is 11.1. The number of aryl methyl sites for hydroxylation is 1. The third kappa shape index (κ3) is 7.72. The lowest BCUT2D eigenvalue weighted by Crippen LogP contribution is -2.51. The third-order valence-corrected chi connectivity index (χ3v) is 6.05. The lowest BCUT2D eigenvalue weighted by atomic mass is 9.96. The minimum atomic E-state index is 0. The van der Waals surface area contributed by atoms with Gasteiger partial charge in [0.15, 0.2) is 5.96 Å². The van der Waals surface area contributed by atoms with E-state index in [1.165, 1.54) is 24.0 Å². The number of hydrogen-bond acceptors (Lipinski definition) is 3. The van der Waals surface area contributed by atoms with Crippen molar-refractivity contribution in [2.24, 2.45) is 10.9 Å². The molecule has 168 valence electrons. The van der Waals surface area contributed by atoms with E-state index >= 15 is 0 Å². The summed E-state index contributed by atoms with van der Waals surface area (Å²) in [6.45, 7) is 10.0. The maximum Gasteiger partial charge on any atom is 0.222 e. The smallest absolute Gasteiger partial charge is 0.222 e. The van der Waals surface area contributed by atoms with Gasteiger partial charge < -0.3 is 15.5 Å². The van der Waals surface area contributed by atoms with Gasteiger partial charge in [-0.05, 0) is 57.7 Å². The van der Waals surface area contributed by atoms with Gasteiger partial charge in [-0.2, -0.15) is 0 Å². The lowest BCUT2D eigenvalue weighted by molar-refractivity contribution is -0.132. The molecule has 1 aromatic carbocycles. The van der Waals surface area contributed by atoms with E-state index < -0.39 is 0 Å². The predicted molar refractivity (Wildman–Crippen MR) is 134 cm³/mol. The number of nitrogens with zero attached hydrogens (tertiary/aromatic N) is 3. The monoisotopic (exact) mass is 527 g/mol. The van der Waals surface area contributed by atoms with Crippen molar-refractivity contribution in [2.75, 3.05) is 39.8 Å². The van der Waals surface area contributed by atoms with Crippen LogP contribution in [0, 0.1) is 12.8 Å². The first-order chi connectivity index (χ1) is 14.0. The second-order valence-electron chi connectivity index (χ2n) is 8.58. The maximum atomic E-state index is 11.7. The highest BCUT2D eigenvalue weighted by Gasteiger charge is 2.24. The molecule has 2 N–H and O–H groups in total. The summed E-state index contributed by atoms with van der Waals surface area (Å²) < 4.78 is 0. The minimum Gasteiger partial charge on any atom is -0.357 e.